The average molecular weight is 393 g/mol. The summed E-state index contributed by atoms with van der Waals surface area (Å²) in [5.74, 6) is 1.52. The minimum Gasteiger partial charge on any atom is -0.497 e. The third-order valence-electron chi connectivity index (χ3n) is 3.92. The van der Waals surface area contributed by atoms with Crippen LogP contribution >= 0.6 is 11.8 Å². The van der Waals surface area contributed by atoms with Crippen molar-refractivity contribution in [3.63, 3.8) is 0 Å². The molecule has 0 radical (unpaired) electrons. The molecule has 3 aromatic rings. The first-order valence-corrected chi connectivity index (χ1v) is 9.55. The van der Waals surface area contributed by atoms with Gasteiger partial charge in [0.25, 0.3) is 0 Å². The average Bonchev–Trinajstić information content (AvgIpc) is 2.72. The van der Waals surface area contributed by atoms with Gasteiger partial charge in [0.05, 0.1) is 12.9 Å². The largest absolute Gasteiger partial charge is 0.497 e. The van der Waals surface area contributed by atoms with Gasteiger partial charge in [-0.15, -0.1) is 0 Å². The van der Waals surface area contributed by atoms with E-state index >= 15 is 0 Å². The van der Waals surface area contributed by atoms with Crippen LogP contribution < -0.4 is 10.1 Å². The Balaban J connectivity index is 1.63. The number of hydrogen-bond donors (Lipinski definition) is 1. The molecule has 0 aliphatic rings. The van der Waals surface area contributed by atoms with E-state index in [9.17, 15) is 9.59 Å². The second kappa shape index (κ2) is 9.14. The Morgan fingerprint density at radius 2 is 1.86 bits per heavy atom. The summed E-state index contributed by atoms with van der Waals surface area (Å²) in [4.78, 5) is 32.5. The van der Waals surface area contributed by atoms with Crippen LogP contribution in [-0.2, 0) is 0 Å². The molecule has 1 aromatic heterocycles. The summed E-state index contributed by atoms with van der Waals surface area (Å²) in [6.45, 7) is 1.53. The number of nitrogens with zero attached hydrogens (tertiary/aromatic N) is 2. The molecule has 0 aliphatic carbocycles. The molecule has 1 N–H and O–H groups in total. The van der Waals surface area contributed by atoms with E-state index in [4.69, 9.17) is 4.74 Å². The molecule has 0 saturated heterocycles. The number of carbonyl (C=O) groups excluding carboxylic acids is 2. The molecule has 6 nitrogen and oxygen atoms in total. The molecular weight excluding hydrogens is 374 g/mol. The summed E-state index contributed by atoms with van der Waals surface area (Å²) in [7, 11) is 1.58. The zero-order chi connectivity index (χ0) is 19.9. The van der Waals surface area contributed by atoms with Crippen molar-refractivity contribution < 1.29 is 14.3 Å². The summed E-state index contributed by atoms with van der Waals surface area (Å²) in [5, 5.41) is 3.65. The molecule has 2 aromatic carbocycles. The lowest BCUT2D eigenvalue weighted by atomic mass is 10.1. The number of rotatable bonds is 8. The summed E-state index contributed by atoms with van der Waals surface area (Å²) < 4.78 is 5.10. The van der Waals surface area contributed by atoms with Crippen molar-refractivity contribution >= 4 is 34.8 Å². The highest BCUT2D eigenvalue weighted by atomic mass is 32.2. The summed E-state index contributed by atoms with van der Waals surface area (Å²) in [6.07, 6.45) is 1.63. The fourth-order valence-electron chi connectivity index (χ4n) is 2.43. The van der Waals surface area contributed by atoms with Crippen LogP contribution in [0.5, 0.6) is 5.75 Å². The van der Waals surface area contributed by atoms with Gasteiger partial charge in [0.2, 0.25) is 0 Å². The highest BCUT2D eigenvalue weighted by Crippen LogP contribution is 2.21. The van der Waals surface area contributed by atoms with E-state index < -0.39 is 0 Å². The first kappa shape index (κ1) is 19.6. The highest BCUT2D eigenvalue weighted by molar-refractivity contribution is 7.99. The molecular formula is C21H19N3O3S. The quantitative estimate of drug-likeness (QED) is 0.345. The maximum Gasteiger partial charge on any atom is 0.189 e. The third kappa shape index (κ3) is 5.17. The van der Waals surface area contributed by atoms with E-state index in [0.717, 1.165) is 5.69 Å². The number of carbonyl (C=O) groups is 2. The van der Waals surface area contributed by atoms with E-state index in [0.29, 0.717) is 27.9 Å². The predicted octanol–water partition coefficient (Wildman–Crippen LogP) is 4.41. The normalized spacial score (nSPS) is 10.4. The molecule has 0 fully saturated rings. The first-order chi connectivity index (χ1) is 13.5. The Bertz CT molecular complexity index is 990. The van der Waals surface area contributed by atoms with Crippen molar-refractivity contribution in [2.75, 3.05) is 18.2 Å². The Hall–Kier alpha value is -3.19. The van der Waals surface area contributed by atoms with Crippen molar-refractivity contribution in [2.45, 2.75) is 12.1 Å². The van der Waals surface area contributed by atoms with Crippen LogP contribution in [0.25, 0.3) is 0 Å². The molecule has 3 rings (SSSR count). The predicted molar refractivity (Wildman–Crippen MR) is 110 cm³/mol. The van der Waals surface area contributed by atoms with Crippen LogP contribution in [0.3, 0.4) is 0 Å². The second-order valence-corrected chi connectivity index (χ2v) is 6.87. The Morgan fingerprint density at radius 1 is 1.07 bits per heavy atom. The first-order valence-electron chi connectivity index (χ1n) is 8.56. The Kier molecular flexibility index (Phi) is 6.39. The number of thioether (sulfide) groups is 1. The standard InChI is InChI=1S/C21H19N3O3S/c1-14(25)16-4-3-5-17(12-16)23-20-10-11-22-21(24-20)28-13-19(26)15-6-8-18(27-2)9-7-15/h3-12H,13H2,1-2H3,(H,22,23,24). The van der Waals surface area contributed by atoms with Gasteiger partial charge in [-0.2, -0.15) is 0 Å². The molecule has 7 heteroatoms. The summed E-state index contributed by atoms with van der Waals surface area (Å²) in [5.41, 5.74) is 2.00. The van der Waals surface area contributed by atoms with Gasteiger partial charge in [-0.05, 0) is 49.4 Å². The zero-order valence-electron chi connectivity index (χ0n) is 15.5. The number of anilines is 2. The third-order valence-corrected chi connectivity index (χ3v) is 4.78. The van der Waals surface area contributed by atoms with Gasteiger partial charge >= 0.3 is 0 Å². The summed E-state index contributed by atoms with van der Waals surface area (Å²) in [6, 6.07) is 15.9. The van der Waals surface area contributed by atoms with Gasteiger partial charge in [-0.1, -0.05) is 23.9 Å². The molecule has 0 atom stereocenters. The molecule has 142 valence electrons. The van der Waals surface area contributed by atoms with Crippen LogP contribution in [0.4, 0.5) is 11.5 Å². The van der Waals surface area contributed by atoms with Gasteiger partial charge < -0.3 is 10.1 Å². The summed E-state index contributed by atoms with van der Waals surface area (Å²) >= 11 is 1.27. The number of benzene rings is 2. The Labute approximate surface area is 167 Å². The second-order valence-electron chi connectivity index (χ2n) is 5.93. The van der Waals surface area contributed by atoms with E-state index in [1.165, 1.54) is 18.7 Å². The van der Waals surface area contributed by atoms with Crippen molar-refractivity contribution in [1.82, 2.24) is 9.97 Å². The topological polar surface area (TPSA) is 81.2 Å². The van der Waals surface area contributed by atoms with Gasteiger partial charge in [0, 0.05) is 23.0 Å². The minimum atomic E-state index is -0.0104. The molecule has 0 aliphatic heterocycles. The maximum absolute atomic E-state index is 12.3. The highest BCUT2D eigenvalue weighted by Gasteiger charge is 2.09. The molecule has 1 heterocycles. The molecule has 0 amide bonds. The van der Waals surface area contributed by atoms with E-state index in [-0.39, 0.29) is 17.3 Å². The fraction of sp³-hybridized carbons (Fsp3) is 0.143. The number of aromatic nitrogens is 2. The van der Waals surface area contributed by atoms with Crippen molar-refractivity contribution in [3.05, 3.63) is 71.9 Å². The smallest absolute Gasteiger partial charge is 0.189 e. The molecule has 0 saturated carbocycles. The molecule has 28 heavy (non-hydrogen) atoms. The number of nitrogens with one attached hydrogen (secondary N) is 1. The van der Waals surface area contributed by atoms with Crippen LogP contribution in [0, 0.1) is 0 Å². The van der Waals surface area contributed by atoms with Crippen molar-refractivity contribution in [1.29, 1.82) is 0 Å². The monoisotopic (exact) mass is 393 g/mol. The van der Waals surface area contributed by atoms with E-state index in [2.05, 4.69) is 15.3 Å². The van der Waals surface area contributed by atoms with Gasteiger partial charge in [0.1, 0.15) is 11.6 Å². The fourth-order valence-corrected chi connectivity index (χ4v) is 3.16. The zero-order valence-corrected chi connectivity index (χ0v) is 16.3. The lowest BCUT2D eigenvalue weighted by molar-refractivity contribution is 0.101. The lowest BCUT2D eigenvalue weighted by Crippen LogP contribution is -2.04. The van der Waals surface area contributed by atoms with Gasteiger partial charge in [-0.25, -0.2) is 9.97 Å². The molecule has 0 unspecified atom stereocenters. The lowest BCUT2D eigenvalue weighted by Gasteiger charge is -2.08. The number of methoxy groups -OCH3 is 1. The van der Waals surface area contributed by atoms with E-state index in [1.807, 2.05) is 12.1 Å². The van der Waals surface area contributed by atoms with Gasteiger partial charge in [-0.3, -0.25) is 9.59 Å². The maximum atomic E-state index is 12.3. The Morgan fingerprint density at radius 3 is 2.57 bits per heavy atom. The van der Waals surface area contributed by atoms with Crippen LogP contribution in [0.1, 0.15) is 27.6 Å². The number of Topliss-reactive ketones (excluding diaryl/α,β-unsaturated/α-hetero) is 2. The SMILES string of the molecule is COc1ccc(C(=O)CSc2nccc(Nc3cccc(C(C)=O)c3)n2)cc1. The minimum absolute atomic E-state index is 0.000346. The number of hydrogen-bond acceptors (Lipinski definition) is 7. The van der Waals surface area contributed by atoms with Crippen LogP contribution in [-0.4, -0.2) is 34.4 Å². The number of ketones is 2. The molecule has 0 spiro atoms. The van der Waals surface area contributed by atoms with Crippen molar-refractivity contribution in [2.24, 2.45) is 0 Å². The van der Waals surface area contributed by atoms with Crippen molar-refractivity contribution in [3.8, 4) is 5.75 Å². The van der Waals surface area contributed by atoms with Crippen LogP contribution in [0.15, 0.2) is 66.0 Å². The van der Waals surface area contributed by atoms with Crippen LogP contribution in [0.2, 0.25) is 0 Å². The van der Waals surface area contributed by atoms with Gasteiger partial charge in [0.15, 0.2) is 16.7 Å². The molecule has 0 bridgehead atoms. The van der Waals surface area contributed by atoms with E-state index in [1.54, 1.807) is 55.8 Å². The number of ether oxygens (including phenoxy) is 1.